The van der Waals surface area contributed by atoms with Gasteiger partial charge >= 0.3 is 0 Å². The van der Waals surface area contributed by atoms with Crippen LogP contribution in [0, 0.1) is 5.41 Å². The zero-order valence-electron chi connectivity index (χ0n) is 9.61. The van der Waals surface area contributed by atoms with Crippen LogP contribution in [0.1, 0.15) is 12.5 Å². The van der Waals surface area contributed by atoms with E-state index in [0.29, 0.717) is 6.54 Å². The lowest BCUT2D eigenvalue weighted by Crippen LogP contribution is -2.38. The van der Waals surface area contributed by atoms with Gasteiger partial charge in [0.05, 0.1) is 17.0 Å². The molecule has 1 aromatic heterocycles. The van der Waals surface area contributed by atoms with Gasteiger partial charge in [0, 0.05) is 18.5 Å². The predicted octanol–water partition coefficient (Wildman–Crippen LogP) is 1.93. The first kappa shape index (κ1) is 14.1. The van der Waals surface area contributed by atoms with Crippen molar-refractivity contribution in [2.75, 3.05) is 26.8 Å². The van der Waals surface area contributed by atoms with Crippen molar-refractivity contribution in [1.82, 2.24) is 4.90 Å². The topological polar surface area (TPSA) is 43.7 Å². The number of nitrogens with zero attached hydrogens (tertiary/aromatic N) is 1. The van der Waals surface area contributed by atoms with E-state index in [2.05, 4.69) is 32.3 Å². The van der Waals surface area contributed by atoms with Crippen LogP contribution in [0.25, 0.3) is 0 Å². The molecule has 1 heterocycles. The predicted molar refractivity (Wildman–Crippen MR) is 70.6 cm³/mol. The minimum absolute atomic E-state index is 0.00116. The first-order valence-corrected chi connectivity index (χ1v) is 6.79. The fourth-order valence-electron chi connectivity index (χ4n) is 1.60. The highest BCUT2D eigenvalue weighted by atomic mass is 79.9. The van der Waals surface area contributed by atoms with Gasteiger partial charge in [0.25, 0.3) is 0 Å². The molecule has 92 valence electrons. The zero-order chi connectivity index (χ0) is 12.2. The lowest BCUT2D eigenvalue weighted by Gasteiger charge is -2.30. The Morgan fingerprint density at radius 3 is 2.50 bits per heavy atom. The van der Waals surface area contributed by atoms with Crippen LogP contribution in [0.15, 0.2) is 15.2 Å². The normalized spacial score (nSPS) is 12.4. The number of hydrogen-bond donors (Lipinski definition) is 2. The molecular weight excluding hydrogens is 290 g/mol. The van der Waals surface area contributed by atoms with Crippen LogP contribution in [-0.4, -0.2) is 41.9 Å². The molecule has 0 aliphatic heterocycles. The van der Waals surface area contributed by atoms with Crippen LogP contribution in [0.2, 0.25) is 0 Å². The molecule has 0 amide bonds. The Kier molecular flexibility index (Phi) is 5.40. The maximum absolute atomic E-state index is 9.21. The maximum atomic E-state index is 9.21. The highest BCUT2D eigenvalue weighted by molar-refractivity contribution is 9.11. The molecule has 1 aromatic rings. The number of hydrogen-bond acceptors (Lipinski definition) is 4. The average molecular weight is 308 g/mol. The summed E-state index contributed by atoms with van der Waals surface area (Å²) in [5, 5.41) is 20.5. The Morgan fingerprint density at radius 1 is 1.44 bits per heavy atom. The van der Waals surface area contributed by atoms with Crippen molar-refractivity contribution in [2.45, 2.75) is 13.5 Å². The van der Waals surface area contributed by atoms with Crippen molar-refractivity contribution in [1.29, 1.82) is 0 Å². The number of thiophene rings is 1. The first-order chi connectivity index (χ1) is 7.49. The third kappa shape index (κ3) is 4.14. The Hall–Kier alpha value is 0.0600. The maximum Gasteiger partial charge on any atom is 0.0701 e. The number of rotatable bonds is 6. The molecule has 1 rings (SSSR count). The van der Waals surface area contributed by atoms with Gasteiger partial charge in [0.2, 0.25) is 0 Å². The second-order valence-corrected chi connectivity index (χ2v) is 6.85. The highest BCUT2D eigenvalue weighted by Gasteiger charge is 2.24. The van der Waals surface area contributed by atoms with Gasteiger partial charge in [-0.15, -0.1) is 11.3 Å². The standard InChI is InChI=1S/C11H18BrNO2S/c1-11(7-14,8-15)6-13(2)4-9-3-10(12)16-5-9/h3,5,14-15H,4,6-8H2,1-2H3. The molecule has 0 radical (unpaired) electrons. The Bertz CT molecular complexity index is 326. The van der Waals surface area contributed by atoms with Crippen LogP contribution < -0.4 is 0 Å². The summed E-state index contributed by atoms with van der Waals surface area (Å²) in [7, 11) is 2.00. The summed E-state index contributed by atoms with van der Waals surface area (Å²) in [6.07, 6.45) is 0. The Labute approximate surface area is 109 Å². The van der Waals surface area contributed by atoms with Crippen LogP contribution in [-0.2, 0) is 6.54 Å². The summed E-state index contributed by atoms with van der Waals surface area (Å²) in [5.41, 5.74) is 0.819. The van der Waals surface area contributed by atoms with Gasteiger partial charge in [-0.3, -0.25) is 0 Å². The van der Waals surface area contributed by atoms with Gasteiger partial charge in [-0.2, -0.15) is 0 Å². The van der Waals surface area contributed by atoms with E-state index in [0.717, 1.165) is 10.3 Å². The second kappa shape index (κ2) is 6.12. The summed E-state index contributed by atoms with van der Waals surface area (Å²) in [6, 6.07) is 2.09. The smallest absolute Gasteiger partial charge is 0.0701 e. The summed E-state index contributed by atoms with van der Waals surface area (Å²) in [5.74, 6) is 0. The van der Waals surface area contributed by atoms with Crippen molar-refractivity contribution < 1.29 is 10.2 Å². The third-order valence-electron chi connectivity index (χ3n) is 2.49. The fourth-order valence-corrected chi connectivity index (χ4v) is 2.80. The Morgan fingerprint density at radius 2 is 2.06 bits per heavy atom. The largest absolute Gasteiger partial charge is 0.396 e. The molecule has 0 spiro atoms. The van der Waals surface area contributed by atoms with Gasteiger partial charge in [0.15, 0.2) is 0 Å². The quantitative estimate of drug-likeness (QED) is 0.844. The molecular formula is C11H18BrNO2S. The van der Waals surface area contributed by atoms with E-state index in [4.69, 9.17) is 0 Å². The molecule has 0 bridgehead atoms. The van der Waals surface area contributed by atoms with Gasteiger partial charge in [-0.05, 0) is 40.0 Å². The van der Waals surface area contributed by atoms with Crippen LogP contribution in [0.5, 0.6) is 0 Å². The van der Waals surface area contributed by atoms with E-state index in [1.54, 1.807) is 11.3 Å². The lowest BCUT2D eigenvalue weighted by atomic mass is 9.92. The van der Waals surface area contributed by atoms with Gasteiger partial charge in [0.1, 0.15) is 0 Å². The highest BCUT2D eigenvalue weighted by Crippen LogP contribution is 2.23. The van der Waals surface area contributed by atoms with E-state index < -0.39 is 5.41 Å². The molecule has 16 heavy (non-hydrogen) atoms. The SMILES string of the molecule is CN(Cc1csc(Br)c1)CC(C)(CO)CO. The monoisotopic (exact) mass is 307 g/mol. The van der Waals surface area contributed by atoms with Crippen molar-refractivity contribution >= 4 is 27.3 Å². The van der Waals surface area contributed by atoms with Crippen LogP contribution in [0.4, 0.5) is 0 Å². The first-order valence-electron chi connectivity index (χ1n) is 5.12. The number of aliphatic hydroxyl groups is 2. The van der Waals surface area contributed by atoms with E-state index in [1.807, 2.05) is 14.0 Å². The van der Waals surface area contributed by atoms with E-state index >= 15 is 0 Å². The molecule has 5 heteroatoms. The third-order valence-corrected chi connectivity index (χ3v) is 4.04. The number of halogens is 1. The van der Waals surface area contributed by atoms with Gasteiger partial charge in [-0.25, -0.2) is 0 Å². The zero-order valence-corrected chi connectivity index (χ0v) is 12.0. The van der Waals surface area contributed by atoms with Crippen molar-refractivity contribution in [3.05, 3.63) is 20.8 Å². The summed E-state index contributed by atoms with van der Waals surface area (Å²) < 4.78 is 1.13. The Balaban J connectivity index is 2.50. The fraction of sp³-hybridized carbons (Fsp3) is 0.636. The second-order valence-electron chi connectivity index (χ2n) is 4.56. The molecule has 0 atom stereocenters. The van der Waals surface area contributed by atoms with E-state index in [1.165, 1.54) is 5.56 Å². The van der Waals surface area contributed by atoms with Gasteiger partial charge in [-0.1, -0.05) is 6.92 Å². The van der Waals surface area contributed by atoms with E-state index in [9.17, 15) is 10.2 Å². The molecule has 0 aliphatic carbocycles. The van der Waals surface area contributed by atoms with Crippen molar-refractivity contribution in [2.24, 2.45) is 5.41 Å². The average Bonchev–Trinajstić information content (AvgIpc) is 2.63. The van der Waals surface area contributed by atoms with Crippen LogP contribution >= 0.6 is 27.3 Å². The van der Waals surface area contributed by atoms with Crippen molar-refractivity contribution in [3.63, 3.8) is 0 Å². The molecule has 0 aliphatic rings. The molecule has 0 unspecified atom stereocenters. The van der Waals surface area contributed by atoms with E-state index in [-0.39, 0.29) is 13.2 Å². The van der Waals surface area contributed by atoms with Crippen molar-refractivity contribution in [3.8, 4) is 0 Å². The van der Waals surface area contributed by atoms with Gasteiger partial charge < -0.3 is 15.1 Å². The molecule has 0 saturated heterocycles. The summed E-state index contributed by atoms with van der Waals surface area (Å²) in [6.45, 7) is 3.39. The molecule has 2 N–H and O–H groups in total. The molecule has 0 fully saturated rings. The van der Waals surface area contributed by atoms with Crippen LogP contribution in [0.3, 0.4) is 0 Å². The molecule has 0 aromatic carbocycles. The summed E-state index contributed by atoms with van der Waals surface area (Å²) >= 11 is 5.10. The summed E-state index contributed by atoms with van der Waals surface area (Å²) in [4.78, 5) is 2.11. The molecule has 3 nitrogen and oxygen atoms in total. The minimum atomic E-state index is -0.429. The number of aliphatic hydroxyl groups excluding tert-OH is 2. The minimum Gasteiger partial charge on any atom is -0.396 e. The lowest BCUT2D eigenvalue weighted by molar-refractivity contribution is 0.0402. The molecule has 0 saturated carbocycles.